The third-order valence-electron chi connectivity index (χ3n) is 3.18. The van der Waals surface area contributed by atoms with Gasteiger partial charge in [0.2, 0.25) is 0 Å². The van der Waals surface area contributed by atoms with Crippen molar-refractivity contribution < 1.29 is 9.18 Å². The Kier molecular flexibility index (Phi) is 5.11. The summed E-state index contributed by atoms with van der Waals surface area (Å²) in [5, 5.41) is 3.22. The van der Waals surface area contributed by atoms with Gasteiger partial charge in [-0.3, -0.25) is 4.79 Å². The maximum absolute atomic E-state index is 13.4. The van der Waals surface area contributed by atoms with Crippen molar-refractivity contribution in [2.45, 2.75) is 19.9 Å². The second kappa shape index (κ2) is 6.16. The molecule has 0 saturated carbocycles. The summed E-state index contributed by atoms with van der Waals surface area (Å²) in [6, 6.07) is 4.82. The number of carbonyl (C=O) groups excluding carboxylic acids is 1. The van der Waals surface area contributed by atoms with Gasteiger partial charge >= 0.3 is 0 Å². The van der Waals surface area contributed by atoms with Crippen LogP contribution in [-0.4, -0.2) is 36.5 Å². The normalized spacial score (nSPS) is 19.3. The lowest BCUT2D eigenvalue weighted by Crippen LogP contribution is -2.52. The second-order valence-corrected chi connectivity index (χ2v) is 4.52. The molecule has 18 heavy (non-hydrogen) atoms. The Morgan fingerprint density at radius 1 is 1.50 bits per heavy atom. The molecular formula is C13H18ClFN2O. The first-order chi connectivity index (χ1) is 8.09. The highest BCUT2D eigenvalue weighted by atomic mass is 35.5. The minimum atomic E-state index is -0.321. The van der Waals surface area contributed by atoms with Gasteiger partial charge in [0.1, 0.15) is 5.82 Å². The molecule has 1 aliphatic rings. The van der Waals surface area contributed by atoms with Crippen molar-refractivity contribution in [3.05, 3.63) is 35.1 Å². The molecule has 1 atom stereocenters. The van der Waals surface area contributed by atoms with Gasteiger partial charge in [0.05, 0.1) is 0 Å². The number of aryl methyl sites for hydroxylation is 1. The number of amides is 1. The highest BCUT2D eigenvalue weighted by Crippen LogP contribution is 2.14. The number of hydrogen-bond donors (Lipinski definition) is 1. The Morgan fingerprint density at radius 3 is 2.83 bits per heavy atom. The topological polar surface area (TPSA) is 32.3 Å². The monoisotopic (exact) mass is 272 g/mol. The summed E-state index contributed by atoms with van der Waals surface area (Å²) < 4.78 is 13.4. The predicted molar refractivity (Wildman–Crippen MR) is 71.8 cm³/mol. The molecule has 2 rings (SSSR count). The molecule has 0 spiro atoms. The van der Waals surface area contributed by atoms with Crippen LogP contribution in [0.1, 0.15) is 22.8 Å². The van der Waals surface area contributed by atoms with E-state index in [0.29, 0.717) is 17.7 Å². The third kappa shape index (κ3) is 3.00. The molecule has 1 heterocycles. The van der Waals surface area contributed by atoms with Crippen LogP contribution in [0.2, 0.25) is 0 Å². The summed E-state index contributed by atoms with van der Waals surface area (Å²) in [6.07, 6.45) is 0. The van der Waals surface area contributed by atoms with Gasteiger partial charge in [-0.2, -0.15) is 0 Å². The Labute approximate surface area is 113 Å². The fraction of sp³-hybridized carbons (Fsp3) is 0.462. The zero-order chi connectivity index (χ0) is 12.4. The predicted octanol–water partition coefficient (Wildman–Crippen LogP) is 1.99. The largest absolute Gasteiger partial charge is 0.333 e. The lowest BCUT2D eigenvalue weighted by Gasteiger charge is -2.34. The first-order valence-corrected chi connectivity index (χ1v) is 5.87. The Morgan fingerprint density at radius 2 is 2.22 bits per heavy atom. The maximum atomic E-state index is 13.4. The maximum Gasteiger partial charge on any atom is 0.254 e. The van der Waals surface area contributed by atoms with Crippen molar-refractivity contribution in [3.63, 3.8) is 0 Å². The van der Waals surface area contributed by atoms with E-state index in [1.54, 1.807) is 24.0 Å². The lowest BCUT2D eigenvalue weighted by atomic mass is 10.1. The summed E-state index contributed by atoms with van der Waals surface area (Å²) in [4.78, 5) is 14.0. The van der Waals surface area contributed by atoms with Crippen LogP contribution in [0, 0.1) is 12.7 Å². The van der Waals surface area contributed by atoms with Crippen molar-refractivity contribution in [2.24, 2.45) is 0 Å². The van der Waals surface area contributed by atoms with E-state index >= 15 is 0 Å². The van der Waals surface area contributed by atoms with Crippen molar-refractivity contribution in [3.8, 4) is 0 Å². The molecule has 1 saturated heterocycles. The second-order valence-electron chi connectivity index (χ2n) is 4.52. The summed E-state index contributed by atoms with van der Waals surface area (Å²) in [7, 11) is 0. The van der Waals surface area contributed by atoms with E-state index in [4.69, 9.17) is 0 Å². The fourth-order valence-corrected chi connectivity index (χ4v) is 2.03. The molecule has 0 bridgehead atoms. The van der Waals surface area contributed by atoms with E-state index in [1.807, 2.05) is 6.92 Å². The molecule has 1 N–H and O–H groups in total. The summed E-state index contributed by atoms with van der Waals surface area (Å²) in [5.41, 5.74) is 0.997. The minimum absolute atomic E-state index is 0. The molecule has 100 valence electrons. The zero-order valence-corrected chi connectivity index (χ0v) is 11.4. The molecule has 1 amide bonds. The quantitative estimate of drug-likeness (QED) is 0.848. The lowest BCUT2D eigenvalue weighted by molar-refractivity contribution is 0.0655. The molecule has 1 aromatic carbocycles. The molecule has 1 aromatic rings. The number of rotatable bonds is 1. The molecule has 0 aliphatic carbocycles. The number of hydrogen-bond acceptors (Lipinski definition) is 2. The first-order valence-electron chi connectivity index (χ1n) is 5.87. The number of nitrogens with one attached hydrogen (secondary N) is 1. The highest BCUT2D eigenvalue weighted by molar-refractivity contribution is 5.94. The van der Waals surface area contributed by atoms with Gasteiger partial charge in [-0.15, -0.1) is 12.4 Å². The summed E-state index contributed by atoms with van der Waals surface area (Å²) >= 11 is 0. The SMILES string of the molecule is Cc1ccc(C(=O)N2CCNCC2C)cc1F.Cl. The van der Waals surface area contributed by atoms with Crippen LogP contribution in [0.3, 0.4) is 0 Å². The van der Waals surface area contributed by atoms with Crippen molar-refractivity contribution >= 4 is 18.3 Å². The average molecular weight is 273 g/mol. The standard InChI is InChI=1S/C13H17FN2O.ClH/c1-9-3-4-11(7-12(9)14)13(17)16-6-5-15-8-10(16)2;/h3-4,7,10,15H,5-6,8H2,1-2H3;1H. The number of benzene rings is 1. The number of piperazine rings is 1. The van der Waals surface area contributed by atoms with Crippen LogP contribution in [0.15, 0.2) is 18.2 Å². The van der Waals surface area contributed by atoms with Gasteiger partial charge in [-0.1, -0.05) is 6.07 Å². The van der Waals surface area contributed by atoms with Gasteiger partial charge in [-0.25, -0.2) is 4.39 Å². The van der Waals surface area contributed by atoms with Gasteiger partial charge in [0, 0.05) is 31.2 Å². The van der Waals surface area contributed by atoms with E-state index in [0.717, 1.165) is 13.1 Å². The zero-order valence-electron chi connectivity index (χ0n) is 10.6. The fourth-order valence-electron chi connectivity index (χ4n) is 2.03. The van der Waals surface area contributed by atoms with Gasteiger partial charge in [0.15, 0.2) is 0 Å². The smallest absolute Gasteiger partial charge is 0.254 e. The molecule has 1 fully saturated rings. The number of nitrogens with zero attached hydrogens (tertiary/aromatic N) is 1. The van der Waals surface area contributed by atoms with Gasteiger partial charge in [-0.05, 0) is 31.5 Å². The molecule has 0 aromatic heterocycles. The number of carbonyl (C=O) groups is 1. The summed E-state index contributed by atoms with van der Waals surface area (Å²) in [6.45, 7) is 5.95. The van der Waals surface area contributed by atoms with Crippen molar-refractivity contribution in [1.29, 1.82) is 0 Å². The van der Waals surface area contributed by atoms with Crippen LogP contribution in [0.5, 0.6) is 0 Å². The molecule has 0 radical (unpaired) electrons. The van der Waals surface area contributed by atoms with E-state index in [-0.39, 0.29) is 30.2 Å². The Bertz CT molecular complexity index is 439. The average Bonchev–Trinajstić information content (AvgIpc) is 2.32. The number of halogens is 2. The van der Waals surface area contributed by atoms with Crippen LogP contribution in [0.4, 0.5) is 4.39 Å². The summed E-state index contributed by atoms with van der Waals surface area (Å²) in [5.74, 6) is -0.406. The van der Waals surface area contributed by atoms with E-state index in [2.05, 4.69) is 5.32 Å². The third-order valence-corrected chi connectivity index (χ3v) is 3.18. The van der Waals surface area contributed by atoms with Gasteiger partial charge in [0.25, 0.3) is 5.91 Å². The molecule has 1 aliphatic heterocycles. The molecule has 3 nitrogen and oxygen atoms in total. The van der Waals surface area contributed by atoms with Crippen molar-refractivity contribution in [2.75, 3.05) is 19.6 Å². The highest BCUT2D eigenvalue weighted by Gasteiger charge is 2.24. The van der Waals surface area contributed by atoms with E-state index in [9.17, 15) is 9.18 Å². The van der Waals surface area contributed by atoms with Crippen molar-refractivity contribution in [1.82, 2.24) is 10.2 Å². The Balaban J connectivity index is 0.00000162. The van der Waals surface area contributed by atoms with E-state index < -0.39 is 0 Å². The van der Waals surface area contributed by atoms with Crippen LogP contribution < -0.4 is 5.32 Å². The van der Waals surface area contributed by atoms with Crippen LogP contribution >= 0.6 is 12.4 Å². The Hall–Kier alpha value is -1.13. The first kappa shape index (κ1) is 14.9. The minimum Gasteiger partial charge on any atom is -0.333 e. The van der Waals surface area contributed by atoms with Gasteiger partial charge < -0.3 is 10.2 Å². The molecule has 1 unspecified atom stereocenters. The van der Waals surface area contributed by atoms with E-state index in [1.165, 1.54) is 6.07 Å². The van der Waals surface area contributed by atoms with Crippen LogP contribution in [0.25, 0.3) is 0 Å². The molecule has 5 heteroatoms. The van der Waals surface area contributed by atoms with Crippen LogP contribution in [-0.2, 0) is 0 Å². The molecular weight excluding hydrogens is 255 g/mol.